The van der Waals surface area contributed by atoms with Gasteiger partial charge in [0.25, 0.3) is 0 Å². The molecule has 0 aliphatic carbocycles. The summed E-state index contributed by atoms with van der Waals surface area (Å²) in [5.41, 5.74) is 0. The van der Waals surface area contributed by atoms with Gasteiger partial charge in [0.1, 0.15) is 0 Å². The lowest BCUT2D eigenvalue weighted by Gasteiger charge is -2.09. The van der Waals surface area contributed by atoms with Crippen molar-refractivity contribution in [1.29, 1.82) is 0 Å². The zero-order valence-electron chi connectivity index (χ0n) is 8.57. The van der Waals surface area contributed by atoms with E-state index in [0.29, 0.717) is 0 Å². The van der Waals surface area contributed by atoms with Crippen molar-refractivity contribution in [1.82, 2.24) is 9.55 Å². The first-order valence-electron chi connectivity index (χ1n) is 5.15. The molecule has 0 radical (unpaired) electrons. The minimum absolute atomic E-state index is 0.739. The minimum Gasteiger partial charge on any atom is -0.381 e. The fourth-order valence-corrected chi connectivity index (χ4v) is 1.74. The zero-order valence-corrected chi connectivity index (χ0v) is 8.57. The van der Waals surface area contributed by atoms with Gasteiger partial charge in [-0.2, -0.15) is 0 Å². The van der Waals surface area contributed by atoms with Gasteiger partial charge in [-0.3, -0.25) is 0 Å². The van der Waals surface area contributed by atoms with Crippen LogP contribution in [0.25, 0.3) is 0 Å². The van der Waals surface area contributed by atoms with Gasteiger partial charge in [-0.05, 0) is 18.8 Å². The lowest BCUT2D eigenvalue weighted by atomic mass is 10.1. The Kier molecular flexibility index (Phi) is 3.03. The molecule has 2 rings (SSSR count). The van der Waals surface area contributed by atoms with E-state index >= 15 is 0 Å². The van der Waals surface area contributed by atoms with Crippen LogP contribution in [0.15, 0.2) is 12.4 Å². The molecular formula is C10H17N3O. The predicted molar refractivity (Wildman–Crippen MR) is 55.2 cm³/mol. The second kappa shape index (κ2) is 4.46. The van der Waals surface area contributed by atoms with Crippen molar-refractivity contribution in [3.63, 3.8) is 0 Å². The zero-order chi connectivity index (χ0) is 9.80. The molecule has 0 spiro atoms. The second-order valence-electron chi connectivity index (χ2n) is 3.81. The summed E-state index contributed by atoms with van der Waals surface area (Å²) in [4.78, 5) is 4.20. The molecule has 0 saturated carbocycles. The average Bonchev–Trinajstić information content (AvgIpc) is 2.78. The van der Waals surface area contributed by atoms with Crippen molar-refractivity contribution in [2.75, 3.05) is 25.1 Å². The Hall–Kier alpha value is -1.03. The van der Waals surface area contributed by atoms with E-state index in [-0.39, 0.29) is 0 Å². The van der Waals surface area contributed by atoms with Crippen LogP contribution in [0.4, 0.5) is 5.95 Å². The van der Waals surface area contributed by atoms with Crippen molar-refractivity contribution < 1.29 is 4.74 Å². The number of imidazole rings is 1. The van der Waals surface area contributed by atoms with Crippen LogP contribution in [0.3, 0.4) is 0 Å². The molecule has 1 aliphatic rings. The van der Waals surface area contributed by atoms with Gasteiger partial charge >= 0.3 is 0 Å². The molecule has 1 unspecified atom stereocenters. The maximum Gasteiger partial charge on any atom is 0.202 e. The van der Waals surface area contributed by atoms with Crippen LogP contribution < -0.4 is 5.32 Å². The van der Waals surface area contributed by atoms with E-state index in [1.807, 2.05) is 17.8 Å². The Bertz CT molecular complexity index is 279. The van der Waals surface area contributed by atoms with E-state index in [9.17, 15) is 0 Å². The highest BCUT2D eigenvalue weighted by molar-refractivity contribution is 5.24. The van der Waals surface area contributed by atoms with Crippen LogP contribution in [0.5, 0.6) is 0 Å². The highest BCUT2D eigenvalue weighted by Gasteiger charge is 2.14. The molecule has 0 amide bonds. The molecule has 1 saturated heterocycles. The van der Waals surface area contributed by atoms with Crippen LogP contribution in [-0.4, -0.2) is 29.3 Å². The highest BCUT2D eigenvalue weighted by Crippen LogP contribution is 2.16. The summed E-state index contributed by atoms with van der Waals surface area (Å²) < 4.78 is 7.31. The van der Waals surface area contributed by atoms with Crippen LogP contribution in [0, 0.1) is 5.92 Å². The number of nitrogens with zero attached hydrogens (tertiary/aromatic N) is 2. The summed E-state index contributed by atoms with van der Waals surface area (Å²) >= 11 is 0. The van der Waals surface area contributed by atoms with Crippen molar-refractivity contribution in [3.05, 3.63) is 12.4 Å². The highest BCUT2D eigenvalue weighted by atomic mass is 16.5. The number of aromatic nitrogens is 2. The number of ether oxygens (including phenoxy) is 1. The first-order valence-corrected chi connectivity index (χ1v) is 5.15. The summed E-state index contributed by atoms with van der Waals surface area (Å²) in [7, 11) is 1.99. The summed E-state index contributed by atoms with van der Waals surface area (Å²) in [6.07, 6.45) is 6.14. The number of anilines is 1. The van der Waals surface area contributed by atoms with Crippen molar-refractivity contribution >= 4 is 5.95 Å². The Morgan fingerprint density at radius 3 is 3.29 bits per heavy atom. The van der Waals surface area contributed by atoms with Crippen LogP contribution in [0.2, 0.25) is 0 Å². The summed E-state index contributed by atoms with van der Waals surface area (Å²) in [5, 5.41) is 3.32. The lowest BCUT2D eigenvalue weighted by molar-refractivity contribution is 0.185. The lowest BCUT2D eigenvalue weighted by Crippen LogP contribution is -2.11. The van der Waals surface area contributed by atoms with E-state index < -0.39 is 0 Å². The smallest absolute Gasteiger partial charge is 0.202 e. The molecule has 0 bridgehead atoms. The van der Waals surface area contributed by atoms with Crippen molar-refractivity contribution in [3.8, 4) is 0 Å². The molecule has 1 aliphatic heterocycles. The molecular weight excluding hydrogens is 178 g/mol. The Morgan fingerprint density at radius 1 is 1.71 bits per heavy atom. The molecule has 0 aromatic carbocycles. The number of rotatable bonds is 4. The first kappa shape index (κ1) is 9.52. The van der Waals surface area contributed by atoms with Crippen LogP contribution >= 0.6 is 0 Å². The normalized spacial score (nSPS) is 21.4. The van der Waals surface area contributed by atoms with Gasteiger partial charge < -0.3 is 14.6 Å². The number of aryl methyl sites for hydroxylation is 1. The number of hydrogen-bond acceptors (Lipinski definition) is 3. The molecule has 1 atom stereocenters. The third kappa shape index (κ3) is 2.26. The largest absolute Gasteiger partial charge is 0.381 e. The van der Waals surface area contributed by atoms with E-state index in [1.54, 1.807) is 6.20 Å². The molecule has 4 nitrogen and oxygen atoms in total. The maximum atomic E-state index is 5.32. The van der Waals surface area contributed by atoms with E-state index in [4.69, 9.17) is 4.74 Å². The second-order valence-corrected chi connectivity index (χ2v) is 3.81. The first-order chi connectivity index (χ1) is 6.86. The van der Waals surface area contributed by atoms with E-state index in [0.717, 1.165) is 31.6 Å². The Balaban J connectivity index is 1.70. The van der Waals surface area contributed by atoms with Gasteiger partial charge in [-0.1, -0.05) is 0 Å². The van der Waals surface area contributed by atoms with Gasteiger partial charge in [-0.25, -0.2) is 4.98 Å². The molecule has 1 fully saturated rings. The third-order valence-electron chi connectivity index (χ3n) is 2.68. The van der Waals surface area contributed by atoms with Crippen molar-refractivity contribution in [2.45, 2.75) is 12.8 Å². The quantitative estimate of drug-likeness (QED) is 0.786. The minimum atomic E-state index is 0.739. The molecule has 2 heterocycles. The summed E-state index contributed by atoms with van der Waals surface area (Å²) in [6, 6.07) is 0. The molecule has 14 heavy (non-hydrogen) atoms. The molecule has 4 heteroatoms. The van der Waals surface area contributed by atoms with Gasteiger partial charge in [0.15, 0.2) is 0 Å². The van der Waals surface area contributed by atoms with Crippen molar-refractivity contribution in [2.24, 2.45) is 13.0 Å². The van der Waals surface area contributed by atoms with Gasteiger partial charge in [0.2, 0.25) is 5.95 Å². The third-order valence-corrected chi connectivity index (χ3v) is 2.68. The maximum absolute atomic E-state index is 5.32. The van der Waals surface area contributed by atoms with Crippen LogP contribution in [0.1, 0.15) is 12.8 Å². The average molecular weight is 195 g/mol. The monoisotopic (exact) mass is 195 g/mol. The number of nitrogens with one attached hydrogen (secondary N) is 1. The predicted octanol–water partition coefficient (Wildman–Crippen LogP) is 1.26. The fourth-order valence-electron chi connectivity index (χ4n) is 1.74. The molecule has 1 aromatic rings. The van der Waals surface area contributed by atoms with Crippen LogP contribution in [-0.2, 0) is 11.8 Å². The van der Waals surface area contributed by atoms with Gasteiger partial charge in [-0.15, -0.1) is 0 Å². The summed E-state index contributed by atoms with van der Waals surface area (Å²) in [6.45, 7) is 2.86. The molecule has 78 valence electrons. The van der Waals surface area contributed by atoms with E-state index in [1.165, 1.54) is 12.8 Å². The Morgan fingerprint density at radius 2 is 2.64 bits per heavy atom. The number of hydrogen-bond donors (Lipinski definition) is 1. The fraction of sp³-hybridized carbons (Fsp3) is 0.700. The van der Waals surface area contributed by atoms with E-state index in [2.05, 4.69) is 10.3 Å². The van der Waals surface area contributed by atoms with Gasteiger partial charge in [0, 0.05) is 39.2 Å². The molecule has 1 aromatic heterocycles. The summed E-state index contributed by atoms with van der Waals surface area (Å²) in [5.74, 6) is 1.69. The Labute approximate surface area is 84.3 Å². The van der Waals surface area contributed by atoms with Gasteiger partial charge in [0.05, 0.1) is 0 Å². The topological polar surface area (TPSA) is 39.1 Å². The standard InChI is InChI=1S/C10H17N3O/c1-13-6-5-12-10(13)11-4-2-9-3-7-14-8-9/h5-6,9H,2-4,7-8H2,1H3,(H,11,12). The SMILES string of the molecule is Cn1ccnc1NCCC1CCOC1. The molecule has 1 N–H and O–H groups in total.